The molecule has 1 aromatic carbocycles. The highest BCUT2D eigenvalue weighted by molar-refractivity contribution is 7.89. The van der Waals surface area contributed by atoms with Crippen molar-refractivity contribution in [1.82, 2.24) is 19.5 Å². The van der Waals surface area contributed by atoms with E-state index in [4.69, 9.17) is 17.3 Å². The summed E-state index contributed by atoms with van der Waals surface area (Å²) in [5.41, 5.74) is 6.71. The van der Waals surface area contributed by atoms with Gasteiger partial charge in [-0.3, -0.25) is 0 Å². The topological polar surface area (TPSA) is 103 Å². The molecule has 3 N–H and O–H groups in total. The van der Waals surface area contributed by atoms with Gasteiger partial charge in [0.2, 0.25) is 10.0 Å². The van der Waals surface area contributed by atoms with Gasteiger partial charge in [-0.15, -0.1) is 10.2 Å². The van der Waals surface area contributed by atoms with Crippen molar-refractivity contribution in [1.29, 1.82) is 0 Å². The van der Waals surface area contributed by atoms with Gasteiger partial charge < -0.3 is 10.3 Å². The van der Waals surface area contributed by atoms with Crippen LogP contribution in [0.25, 0.3) is 0 Å². The number of nitrogens with two attached hydrogens (primary N) is 1. The van der Waals surface area contributed by atoms with Gasteiger partial charge in [-0.2, -0.15) is 0 Å². The van der Waals surface area contributed by atoms with Crippen LogP contribution in [0.1, 0.15) is 11.4 Å². The molecule has 0 aliphatic carbocycles. The molecular formula is C11H14ClN5O2S. The molecule has 1 heterocycles. The normalized spacial score (nSPS) is 11.8. The second-order valence-corrected chi connectivity index (χ2v) is 6.48. The average Bonchev–Trinajstić information content (AvgIpc) is 2.78. The molecule has 0 fully saturated rings. The van der Waals surface area contributed by atoms with Crippen molar-refractivity contribution >= 4 is 27.3 Å². The van der Waals surface area contributed by atoms with Gasteiger partial charge in [-0.05, 0) is 24.6 Å². The predicted molar refractivity (Wildman–Crippen MR) is 75.6 cm³/mol. The van der Waals surface area contributed by atoms with Crippen molar-refractivity contribution in [2.45, 2.75) is 18.4 Å². The summed E-state index contributed by atoms with van der Waals surface area (Å²) in [4.78, 5) is 0.0211. The van der Waals surface area contributed by atoms with Crippen LogP contribution in [0.5, 0.6) is 0 Å². The number of anilines is 1. The summed E-state index contributed by atoms with van der Waals surface area (Å²) in [6, 6.07) is 2.74. The van der Waals surface area contributed by atoms with E-state index >= 15 is 0 Å². The molecule has 0 spiro atoms. The van der Waals surface area contributed by atoms with E-state index in [0.29, 0.717) is 22.1 Å². The van der Waals surface area contributed by atoms with Crippen molar-refractivity contribution < 1.29 is 8.42 Å². The van der Waals surface area contributed by atoms with Crippen LogP contribution in [0.4, 0.5) is 5.69 Å². The third-order valence-corrected chi connectivity index (χ3v) is 4.67. The molecule has 2 rings (SSSR count). The molecule has 0 aliphatic rings. The van der Waals surface area contributed by atoms with Crippen molar-refractivity contribution in [3.8, 4) is 0 Å². The van der Waals surface area contributed by atoms with Crippen molar-refractivity contribution in [3.63, 3.8) is 0 Å². The molecule has 9 heteroatoms. The maximum Gasteiger partial charge on any atom is 0.241 e. The molecule has 0 aliphatic heterocycles. The Bertz CT molecular complexity index is 718. The van der Waals surface area contributed by atoms with Gasteiger partial charge in [0, 0.05) is 17.8 Å². The zero-order valence-corrected chi connectivity index (χ0v) is 12.5. The number of nitrogen functional groups attached to an aromatic ring is 1. The summed E-state index contributed by atoms with van der Waals surface area (Å²) in [7, 11) is -1.98. The third kappa shape index (κ3) is 2.92. The average molecular weight is 316 g/mol. The number of halogens is 1. The molecule has 0 bridgehead atoms. The monoisotopic (exact) mass is 315 g/mol. The van der Waals surface area contributed by atoms with Crippen LogP contribution in [0, 0.1) is 6.92 Å². The largest absolute Gasteiger partial charge is 0.398 e. The van der Waals surface area contributed by atoms with E-state index in [1.54, 1.807) is 18.5 Å². The summed E-state index contributed by atoms with van der Waals surface area (Å²) in [5, 5.41) is 7.78. The molecule has 0 amide bonds. The number of aryl methyl sites for hydroxylation is 1. The number of hydrogen-bond donors (Lipinski definition) is 2. The minimum Gasteiger partial charge on any atom is -0.398 e. The lowest BCUT2D eigenvalue weighted by Gasteiger charge is -2.09. The minimum absolute atomic E-state index is 0.0211. The number of benzene rings is 1. The Labute approximate surface area is 121 Å². The van der Waals surface area contributed by atoms with E-state index in [-0.39, 0.29) is 11.4 Å². The highest BCUT2D eigenvalue weighted by atomic mass is 35.5. The first kappa shape index (κ1) is 14.8. The smallest absolute Gasteiger partial charge is 0.241 e. The van der Waals surface area contributed by atoms with Gasteiger partial charge in [0.05, 0.1) is 11.4 Å². The van der Waals surface area contributed by atoms with E-state index in [2.05, 4.69) is 14.9 Å². The summed E-state index contributed by atoms with van der Waals surface area (Å²) in [5.74, 6) is 0.500. The minimum atomic E-state index is -3.71. The summed E-state index contributed by atoms with van der Waals surface area (Å²) in [6.45, 7) is 1.76. The van der Waals surface area contributed by atoms with Crippen LogP contribution in [-0.4, -0.2) is 23.2 Å². The first-order chi connectivity index (χ1) is 9.31. The fourth-order valence-corrected chi connectivity index (χ4v) is 2.87. The molecule has 0 unspecified atom stereocenters. The highest BCUT2D eigenvalue weighted by Gasteiger charge is 2.17. The maximum atomic E-state index is 12.2. The van der Waals surface area contributed by atoms with Crippen LogP contribution in [-0.2, 0) is 23.6 Å². The number of hydrogen-bond acceptors (Lipinski definition) is 5. The second-order valence-electron chi connectivity index (χ2n) is 4.30. The van der Waals surface area contributed by atoms with Gasteiger partial charge >= 0.3 is 0 Å². The van der Waals surface area contributed by atoms with Gasteiger partial charge in [0.25, 0.3) is 0 Å². The van der Waals surface area contributed by atoms with Crippen LogP contribution in [0.3, 0.4) is 0 Å². The molecule has 1 aromatic heterocycles. The Hall–Kier alpha value is -1.64. The van der Waals surface area contributed by atoms with Crippen LogP contribution < -0.4 is 10.5 Å². The first-order valence-electron chi connectivity index (χ1n) is 5.69. The molecule has 7 nitrogen and oxygen atoms in total. The molecule has 0 saturated heterocycles. The predicted octanol–water partition coefficient (Wildman–Crippen LogP) is 0.838. The fourth-order valence-electron chi connectivity index (χ4n) is 1.54. The number of aromatic nitrogens is 3. The Balaban J connectivity index is 2.25. The standard InChI is InChI=1S/C11H14ClN5O2S/c1-7-9(12)3-8(4-10(7)13)20(18,19)15-5-11-16-14-6-17(11)2/h3-4,6,15H,5,13H2,1-2H3. The molecule has 0 atom stereocenters. The van der Waals surface area contributed by atoms with E-state index < -0.39 is 10.0 Å². The zero-order valence-electron chi connectivity index (χ0n) is 11.0. The summed E-state index contributed by atoms with van der Waals surface area (Å²) >= 11 is 5.95. The second kappa shape index (κ2) is 5.39. The first-order valence-corrected chi connectivity index (χ1v) is 7.55. The molecule has 108 valence electrons. The van der Waals surface area contributed by atoms with Crippen LogP contribution >= 0.6 is 11.6 Å². The number of nitrogens with one attached hydrogen (secondary N) is 1. The van der Waals surface area contributed by atoms with Gasteiger partial charge in [-0.25, -0.2) is 13.1 Å². The lowest BCUT2D eigenvalue weighted by atomic mass is 10.2. The SMILES string of the molecule is Cc1c(N)cc(S(=O)(=O)NCc2nncn2C)cc1Cl. The van der Waals surface area contributed by atoms with Crippen molar-refractivity contribution in [2.75, 3.05) is 5.73 Å². The summed E-state index contributed by atoms with van der Waals surface area (Å²) < 4.78 is 28.4. The van der Waals surface area contributed by atoms with E-state index in [9.17, 15) is 8.42 Å². The van der Waals surface area contributed by atoms with Crippen molar-refractivity contribution in [3.05, 3.63) is 34.9 Å². The van der Waals surface area contributed by atoms with E-state index in [1.807, 2.05) is 0 Å². The van der Waals surface area contributed by atoms with Gasteiger partial charge in [0.15, 0.2) is 0 Å². The Morgan fingerprint density at radius 3 is 2.70 bits per heavy atom. The quantitative estimate of drug-likeness (QED) is 0.814. The van der Waals surface area contributed by atoms with Gasteiger partial charge in [-0.1, -0.05) is 11.6 Å². The zero-order chi connectivity index (χ0) is 14.9. The molecule has 0 saturated carbocycles. The highest BCUT2D eigenvalue weighted by Crippen LogP contribution is 2.25. The molecular weight excluding hydrogens is 302 g/mol. The molecule has 0 radical (unpaired) electrons. The number of nitrogens with zero attached hydrogens (tertiary/aromatic N) is 3. The van der Waals surface area contributed by atoms with Crippen molar-refractivity contribution in [2.24, 2.45) is 7.05 Å². The third-order valence-electron chi connectivity index (χ3n) is 2.89. The van der Waals surface area contributed by atoms with Crippen LogP contribution in [0.2, 0.25) is 5.02 Å². The lowest BCUT2D eigenvalue weighted by molar-refractivity contribution is 0.577. The number of rotatable bonds is 4. The Kier molecular flexibility index (Phi) is 3.98. The molecule has 2 aromatic rings. The van der Waals surface area contributed by atoms with E-state index in [1.165, 1.54) is 18.5 Å². The lowest BCUT2D eigenvalue weighted by Crippen LogP contribution is -2.25. The van der Waals surface area contributed by atoms with Gasteiger partial charge in [0.1, 0.15) is 12.2 Å². The van der Waals surface area contributed by atoms with Crippen LogP contribution in [0.15, 0.2) is 23.4 Å². The Morgan fingerprint density at radius 1 is 1.45 bits per heavy atom. The maximum absolute atomic E-state index is 12.2. The Morgan fingerprint density at radius 2 is 2.15 bits per heavy atom. The van der Waals surface area contributed by atoms with E-state index in [0.717, 1.165) is 0 Å². The number of sulfonamides is 1. The summed E-state index contributed by atoms with van der Waals surface area (Å²) in [6.07, 6.45) is 1.49. The fraction of sp³-hybridized carbons (Fsp3) is 0.273. The molecule has 20 heavy (non-hydrogen) atoms.